The van der Waals surface area contributed by atoms with Crippen LogP contribution in [0.15, 0.2) is 36.4 Å². The molecule has 0 saturated heterocycles. The molecule has 27 heavy (non-hydrogen) atoms. The molecule has 0 spiro atoms. The van der Waals surface area contributed by atoms with Crippen molar-refractivity contribution >= 4 is 5.91 Å². The smallest absolute Gasteiger partial charge is 0.254 e. The summed E-state index contributed by atoms with van der Waals surface area (Å²) in [5, 5.41) is 0. The Morgan fingerprint density at radius 3 is 2.70 bits per heavy atom. The van der Waals surface area contributed by atoms with E-state index in [1.807, 2.05) is 29.2 Å². The summed E-state index contributed by atoms with van der Waals surface area (Å²) in [6, 6.07) is 14.7. The fourth-order valence-corrected chi connectivity index (χ4v) is 3.48. The number of methoxy groups -OCH3 is 1. The van der Waals surface area contributed by atoms with Gasteiger partial charge in [0.2, 0.25) is 0 Å². The number of fused-ring (bicyclic) bond motifs is 1. The molecule has 2 aromatic rings. The monoisotopic (exact) mass is 366 g/mol. The number of carbonyl (C=O) groups is 1. The Labute approximate surface area is 162 Å². The largest absolute Gasteiger partial charge is 0.493 e. The summed E-state index contributed by atoms with van der Waals surface area (Å²) in [6.07, 6.45) is 4.95. The van der Waals surface area contributed by atoms with E-state index in [2.05, 4.69) is 25.1 Å². The van der Waals surface area contributed by atoms with Gasteiger partial charge in [-0.05, 0) is 43.0 Å². The normalized spacial score (nSPS) is 13.4. The van der Waals surface area contributed by atoms with Gasteiger partial charge in [-0.2, -0.15) is 0 Å². The summed E-state index contributed by atoms with van der Waals surface area (Å²) < 4.78 is 11.5. The number of unbranched alkanes of at least 4 members (excludes halogenated alkanes) is 2. The summed E-state index contributed by atoms with van der Waals surface area (Å²) in [5.74, 6) is 1.55. The molecule has 3 rings (SSSR count). The Bertz CT molecular complexity index is 758. The van der Waals surface area contributed by atoms with E-state index >= 15 is 0 Å². The SMILES string of the molecule is CCCCCOc1c(OC)ccc2c1CCN(CCc1cc[c]cc1)C2=O. The summed E-state index contributed by atoms with van der Waals surface area (Å²) in [6.45, 7) is 4.26. The van der Waals surface area contributed by atoms with Gasteiger partial charge in [0, 0.05) is 24.2 Å². The van der Waals surface area contributed by atoms with E-state index in [1.165, 1.54) is 5.56 Å². The first-order chi connectivity index (χ1) is 13.2. The second kappa shape index (κ2) is 9.45. The van der Waals surface area contributed by atoms with E-state index in [-0.39, 0.29) is 5.91 Å². The van der Waals surface area contributed by atoms with Crippen molar-refractivity contribution < 1.29 is 14.3 Å². The van der Waals surface area contributed by atoms with Crippen molar-refractivity contribution in [1.29, 1.82) is 0 Å². The highest BCUT2D eigenvalue weighted by molar-refractivity contribution is 5.98. The molecule has 4 nitrogen and oxygen atoms in total. The van der Waals surface area contributed by atoms with E-state index in [0.717, 1.165) is 55.5 Å². The number of nitrogens with zero attached hydrogens (tertiary/aromatic N) is 1. The molecule has 0 saturated carbocycles. The van der Waals surface area contributed by atoms with Crippen molar-refractivity contribution in [1.82, 2.24) is 4.90 Å². The van der Waals surface area contributed by atoms with Crippen LogP contribution in [0.4, 0.5) is 0 Å². The molecule has 0 unspecified atom stereocenters. The zero-order valence-electron chi connectivity index (χ0n) is 16.3. The zero-order valence-corrected chi connectivity index (χ0v) is 16.3. The van der Waals surface area contributed by atoms with Crippen LogP contribution < -0.4 is 9.47 Å². The van der Waals surface area contributed by atoms with Gasteiger partial charge < -0.3 is 14.4 Å². The van der Waals surface area contributed by atoms with E-state index in [9.17, 15) is 4.79 Å². The van der Waals surface area contributed by atoms with E-state index in [4.69, 9.17) is 9.47 Å². The lowest BCUT2D eigenvalue weighted by atomic mass is 9.97. The molecule has 143 valence electrons. The number of benzene rings is 2. The van der Waals surface area contributed by atoms with E-state index in [1.54, 1.807) is 7.11 Å². The molecular formula is C23H28NO3. The van der Waals surface area contributed by atoms with Gasteiger partial charge in [-0.1, -0.05) is 44.0 Å². The Balaban J connectivity index is 1.73. The molecule has 1 aliphatic rings. The minimum atomic E-state index is 0.0832. The number of carbonyl (C=O) groups excluding carboxylic acids is 1. The van der Waals surface area contributed by atoms with Crippen LogP contribution >= 0.6 is 0 Å². The van der Waals surface area contributed by atoms with Gasteiger partial charge in [0.1, 0.15) is 0 Å². The van der Waals surface area contributed by atoms with Gasteiger partial charge in [-0.3, -0.25) is 4.79 Å². The molecule has 2 aromatic carbocycles. The predicted molar refractivity (Wildman–Crippen MR) is 107 cm³/mol. The number of amides is 1. The lowest BCUT2D eigenvalue weighted by molar-refractivity contribution is 0.0739. The van der Waals surface area contributed by atoms with Crippen LogP contribution in [0.2, 0.25) is 0 Å². The first kappa shape index (κ1) is 19.3. The highest BCUT2D eigenvalue weighted by Gasteiger charge is 2.28. The van der Waals surface area contributed by atoms with E-state index in [0.29, 0.717) is 18.9 Å². The second-order valence-corrected chi connectivity index (χ2v) is 6.88. The lowest BCUT2D eigenvalue weighted by Crippen LogP contribution is -2.39. The standard InChI is InChI=1S/C23H28NO3/c1-3-4-8-17-27-22-19-14-16-24(15-13-18-9-6-5-7-10-18)23(25)20(19)11-12-21(22)26-2/h6-7,9-12H,3-4,8,13-17H2,1-2H3. The predicted octanol–water partition coefficient (Wildman–Crippen LogP) is 4.31. The quantitative estimate of drug-likeness (QED) is 0.621. The van der Waals surface area contributed by atoms with Crippen LogP contribution in [0, 0.1) is 6.07 Å². The summed E-state index contributed by atoms with van der Waals surface area (Å²) in [7, 11) is 1.65. The summed E-state index contributed by atoms with van der Waals surface area (Å²) in [4.78, 5) is 14.9. The molecule has 1 heterocycles. The van der Waals surface area contributed by atoms with Crippen molar-refractivity contribution in [3.05, 3.63) is 59.2 Å². The minimum absolute atomic E-state index is 0.0832. The summed E-state index contributed by atoms with van der Waals surface area (Å²) >= 11 is 0. The highest BCUT2D eigenvalue weighted by atomic mass is 16.5. The molecule has 1 amide bonds. The number of hydrogen-bond donors (Lipinski definition) is 0. The molecule has 0 aromatic heterocycles. The van der Waals surface area contributed by atoms with Crippen LogP contribution in [0.25, 0.3) is 0 Å². The van der Waals surface area contributed by atoms with E-state index < -0.39 is 0 Å². The van der Waals surface area contributed by atoms with Crippen molar-refractivity contribution in [3.63, 3.8) is 0 Å². The van der Waals surface area contributed by atoms with Gasteiger partial charge in [0.25, 0.3) is 5.91 Å². The van der Waals surface area contributed by atoms with Crippen LogP contribution in [0.3, 0.4) is 0 Å². The Morgan fingerprint density at radius 2 is 1.96 bits per heavy atom. The maximum atomic E-state index is 13.0. The number of hydrogen-bond acceptors (Lipinski definition) is 3. The first-order valence-electron chi connectivity index (χ1n) is 9.81. The van der Waals surface area contributed by atoms with Crippen molar-refractivity contribution in [3.8, 4) is 11.5 Å². The third-order valence-corrected chi connectivity index (χ3v) is 5.05. The van der Waals surface area contributed by atoms with Crippen molar-refractivity contribution in [2.24, 2.45) is 0 Å². The maximum Gasteiger partial charge on any atom is 0.254 e. The molecule has 4 heteroatoms. The van der Waals surface area contributed by atoms with Crippen molar-refractivity contribution in [2.75, 3.05) is 26.8 Å². The van der Waals surface area contributed by atoms with Gasteiger partial charge in [0.05, 0.1) is 13.7 Å². The number of ether oxygens (including phenoxy) is 2. The highest BCUT2D eigenvalue weighted by Crippen LogP contribution is 2.36. The van der Waals surface area contributed by atoms with Crippen LogP contribution in [0.5, 0.6) is 11.5 Å². The molecule has 0 N–H and O–H groups in total. The fraction of sp³-hybridized carbons (Fsp3) is 0.435. The van der Waals surface area contributed by atoms with Crippen LogP contribution in [0.1, 0.15) is 47.7 Å². The Morgan fingerprint density at radius 1 is 1.15 bits per heavy atom. The molecule has 0 fully saturated rings. The minimum Gasteiger partial charge on any atom is -0.493 e. The van der Waals surface area contributed by atoms with Crippen LogP contribution in [-0.2, 0) is 12.8 Å². The fourth-order valence-electron chi connectivity index (χ4n) is 3.48. The van der Waals surface area contributed by atoms with Gasteiger partial charge >= 0.3 is 0 Å². The number of rotatable bonds is 9. The van der Waals surface area contributed by atoms with Gasteiger partial charge in [-0.25, -0.2) is 0 Å². The van der Waals surface area contributed by atoms with Crippen molar-refractivity contribution in [2.45, 2.75) is 39.0 Å². The molecular weight excluding hydrogens is 338 g/mol. The van der Waals surface area contributed by atoms with Crippen LogP contribution in [-0.4, -0.2) is 37.6 Å². The molecule has 1 radical (unpaired) electrons. The summed E-state index contributed by atoms with van der Waals surface area (Å²) in [5.41, 5.74) is 2.96. The Hall–Kier alpha value is -2.49. The first-order valence-corrected chi connectivity index (χ1v) is 9.81. The van der Waals surface area contributed by atoms with Gasteiger partial charge in [-0.15, -0.1) is 0 Å². The molecule has 0 aliphatic carbocycles. The third kappa shape index (κ3) is 4.62. The third-order valence-electron chi connectivity index (χ3n) is 5.05. The Kier molecular flexibility index (Phi) is 6.74. The zero-order chi connectivity index (χ0) is 19.1. The average molecular weight is 366 g/mol. The average Bonchev–Trinajstić information content (AvgIpc) is 2.71. The molecule has 0 atom stereocenters. The molecule has 1 aliphatic heterocycles. The molecule has 0 bridgehead atoms. The maximum absolute atomic E-state index is 13.0. The topological polar surface area (TPSA) is 38.8 Å². The lowest BCUT2D eigenvalue weighted by Gasteiger charge is -2.30. The van der Waals surface area contributed by atoms with Gasteiger partial charge in [0.15, 0.2) is 11.5 Å². The second-order valence-electron chi connectivity index (χ2n) is 6.88.